The zero-order valence-electron chi connectivity index (χ0n) is 12.6. The molecule has 2 fully saturated rings. The largest absolute Gasteiger partial charge is 0.316 e. The molecule has 0 radical (unpaired) electrons. The van der Waals surface area contributed by atoms with Crippen molar-refractivity contribution in [3.63, 3.8) is 0 Å². The van der Waals surface area contributed by atoms with Crippen LogP contribution in [0.4, 0.5) is 0 Å². The van der Waals surface area contributed by atoms with E-state index in [2.05, 4.69) is 23.2 Å². The molecule has 1 amide bonds. The molecule has 3 aliphatic rings. The number of piperidine rings is 1. The van der Waals surface area contributed by atoms with E-state index < -0.39 is 0 Å². The number of rotatable bonds is 4. The van der Waals surface area contributed by atoms with Crippen LogP contribution in [0.1, 0.15) is 39.0 Å². The van der Waals surface area contributed by atoms with Gasteiger partial charge in [-0.15, -0.1) is 0 Å². The second-order valence-corrected chi connectivity index (χ2v) is 6.38. The Balaban J connectivity index is 1.55. The highest BCUT2D eigenvalue weighted by Gasteiger charge is 2.35. The molecule has 0 aromatic heterocycles. The molecule has 1 aliphatic carbocycles. The van der Waals surface area contributed by atoms with Gasteiger partial charge >= 0.3 is 0 Å². The minimum absolute atomic E-state index is 0.291. The van der Waals surface area contributed by atoms with Gasteiger partial charge in [0.05, 0.1) is 6.54 Å². The highest BCUT2D eigenvalue weighted by Crippen LogP contribution is 2.26. The first-order chi connectivity index (χ1) is 9.78. The van der Waals surface area contributed by atoms with Gasteiger partial charge in [0.25, 0.3) is 0 Å². The van der Waals surface area contributed by atoms with Gasteiger partial charge in [0.2, 0.25) is 5.91 Å². The number of hydrogen-bond donors (Lipinski definition) is 1. The quantitative estimate of drug-likeness (QED) is 0.847. The molecule has 0 unspecified atom stereocenters. The molecule has 2 heterocycles. The molecule has 112 valence electrons. The van der Waals surface area contributed by atoms with Crippen molar-refractivity contribution in [1.29, 1.82) is 0 Å². The van der Waals surface area contributed by atoms with Gasteiger partial charge in [0, 0.05) is 31.4 Å². The van der Waals surface area contributed by atoms with Crippen LogP contribution in [0, 0.1) is 5.92 Å². The first-order valence-corrected chi connectivity index (χ1v) is 8.23. The van der Waals surface area contributed by atoms with Crippen LogP contribution in [0.25, 0.3) is 0 Å². The number of amides is 1. The second-order valence-electron chi connectivity index (χ2n) is 6.38. The Morgan fingerprint density at radius 3 is 3.05 bits per heavy atom. The number of likely N-dealkylation sites (tertiary alicyclic amines) is 1. The summed E-state index contributed by atoms with van der Waals surface area (Å²) in [7, 11) is 0. The maximum absolute atomic E-state index is 12.5. The van der Waals surface area contributed by atoms with Crippen molar-refractivity contribution in [1.82, 2.24) is 15.1 Å². The molecule has 2 atom stereocenters. The Kier molecular flexibility index (Phi) is 4.41. The fourth-order valence-electron chi connectivity index (χ4n) is 3.98. The predicted molar refractivity (Wildman–Crippen MR) is 80.3 cm³/mol. The van der Waals surface area contributed by atoms with Gasteiger partial charge < -0.3 is 10.2 Å². The number of allylic oxidation sites excluding steroid dienone is 2. The van der Waals surface area contributed by atoms with Crippen molar-refractivity contribution in [2.45, 2.75) is 45.1 Å². The number of hydrogen-bond acceptors (Lipinski definition) is 3. The predicted octanol–water partition coefficient (Wildman–Crippen LogP) is 1.59. The average molecular weight is 277 g/mol. The molecule has 0 saturated carbocycles. The number of nitrogens with one attached hydrogen (secondary N) is 1. The van der Waals surface area contributed by atoms with E-state index in [0.29, 0.717) is 18.5 Å². The Morgan fingerprint density at radius 2 is 2.35 bits per heavy atom. The first kappa shape index (κ1) is 14.1. The van der Waals surface area contributed by atoms with Crippen LogP contribution in [-0.2, 0) is 4.79 Å². The third-order valence-electron chi connectivity index (χ3n) is 5.01. The Morgan fingerprint density at radius 1 is 1.45 bits per heavy atom. The molecule has 0 bridgehead atoms. The van der Waals surface area contributed by atoms with Gasteiger partial charge in [-0.3, -0.25) is 9.69 Å². The summed E-state index contributed by atoms with van der Waals surface area (Å²) in [6.45, 7) is 6.79. The van der Waals surface area contributed by atoms with E-state index in [1.165, 1.54) is 25.0 Å². The third-order valence-corrected chi connectivity index (χ3v) is 5.01. The average Bonchev–Trinajstić information content (AvgIpc) is 3.07. The van der Waals surface area contributed by atoms with Gasteiger partial charge in [-0.1, -0.05) is 6.08 Å². The van der Waals surface area contributed by atoms with Crippen molar-refractivity contribution in [3.05, 3.63) is 11.8 Å². The van der Waals surface area contributed by atoms with E-state index in [1.54, 1.807) is 0 Å². The van der Waals surface area contributed by atoms with E-state index in [0.717, 1.165) is 44.9 Å². The lowest BCUT2D eigenvalue weighted by molar-refractivity contribution is -0.130. The van der Waals surface area contributed by atoms with Crippen LogP contribution >= 0.6 is 0 Å². The van der Waals surface area contributed by atoms with E-state index in [-0.39, 0.29) is 0 Å². The molecular weight excluding hydrogens is 250 g/mol. The third kappa shape index (κ3) is 2.91. The van der Waals surface area contributed by atoms with Crippen LogP contribution < -0.4 is 5.32 Å². The van der Waals surface area contributed by atoms with E-state index in [4.69, 9.17) is 0 Å². The summed E-state index contributed by atoms with van der Waals surface area (Å²) in [5, 5.41) is 3.60. The van der Waals surface area contributed by atoms with Crippen molar-refractivity contribution in [2.75, 3.05) is 32.7 Å². The van der Waals surface area contributed by atoms with E-state index in [1.807, 2.05) is 4.90 Å². The highest BCUT2D eigenvalue weighted by atomic mass is 16.2. The van der Waals surface area contributed by atoms with Gasteiger partial charge in [-0.25, -0.2) is 0 Å². The summed E-state index contributed by atoms with van der Waals surface area (Å²) in [6.07, 6.45) is 8.27. The Labute approximate surface area is 122 Å². The number of fused-ring (bicyclic) bond motifs is 1. The molecule has 0 aromatic rings. The lowest BCUT2D eigenvalue weighted by Crippen LogP contribution is -2.42. The molecule has 4 nitrogen and oxygen atoms in total. The molecular formula is C16H27N3O. The molecule has 4 heteroatoms. The molecule has 2 saturated heterocycles. The number of carbonyl (C=O) groups excluding carboxylic acids is 1. The first-order valence-electron chi connectivity index (χ1n) is 8.23. The van der Waals surface area contributed by atoms with Crippen molar-refractivity contribution in [3.8, 4) is 0 Å². The molecule has 0 spiro atoms. The zero-order valence-corrected chi connectivity index (χ0v) is 12.6. The van der Waals surface area contributed by atoms with Gasteiger partial charge in [0.15, 0.2) is 0 Å². The standard InChI is InChI=1S/C16H27N3O/c1-2-19(14-7-3-4-8-14)16(20)12-18-10-13-6-5-9-17-15(13)11-18/h7,13,15,17H,2-6,8-12H2,1H3/t13-,15+/m0/s1. The topological polar surface area (TPSA) is 35.6 Å². The minimum atomic E-state index is 0.291. The van der Waals surface area contributed by atoms with Crippen LogP contribution in [0.3, 0.4) is 0 Å². The van der Waals surface area contributed by atoms with Crippen LogP contribution in [-0.4, -0.2) is 54.5 Å². The SMILES string of the molecule is CCN(C(=O)CN1C[C@@H]2CCCN[C@@H]2C1)C1=CCCC1. The highest BCUT2D eigenvalue weighted by molar-refractivity contribution is 5.80. The molecule has 0 aromatic carbocycles. The van der Waals surface area contributed by atoms with Crippen molar-refractivity contribution in [2.24, 2.45) is 5.92 Å². The maximum atomic E-state index is 12.5. The lowest BCUT2D eigenvalue weighted by atomic mass is 9.94. The Bertz CT molecular complexity index is 379. The second kappa shape index (κ2) is 6.27. The zero-order chi connectivity index (χ0) is 13.9. The van der Waals surface area contributed by atoms with E-state index in [9.17, 15) is 4.79 Å². The molecule has 2 aliphatic heterocycles. The minimum Gasteiger partial charge on any atom is -0.316 e. The fraction of sp³-hybridized carbons (Fsp3) is 0.812. The summed E-state index contributed by atoms with van der Waals surface area (Å²) in [5.74, 6) is 1.05. The van der Waals surface area contributed by atoms with Crippen LogP contribution in [0.2, 0.25) is 0 Å². The van der Waals surface area contributed by atoms with Crippen molar-refractivity contribution < 1.29 is 4.79 Å². The van der Waals surface area contributed by atoms with E-state index >= 15 is 0 Å². The van der Waals surface area contributed by atoms with Gasteiger partial charge in [-0.2, -0.15) is 0 Å². The number of nitrogens with zero attached hydrogens (tertiary/aromatic N) is 2. The Hall–Kier alpha value is -0.870. The lowest BCUT2D eigenvalue weighted by Gasteiger charge is -2.25. The summed E-state index contributed by atoms with van der Waals surface area (Å²) in [4.78, 5) is 16.9. The summed E-state index contributed by atoms with van der Waals surface area (Å²) in [6, 6.07) is 0.623. The van der Waals surface area contributed by atoms with Gasteiger partial charge in [0.1, 0.15) is 0 Å². The normalized spacial score (nSPS) is 30.1. The molecule has 20 heavy (non-hydrogen) atoms. The summed E-state index contributed by atoms with van der Waals surface area (Å²) in [5.41, 5.74) is 1.26. The number of likely N-dealkylation sites (N-methyl/N-ethyl adjacent to an activating group) is 1. The van der Waals surface area contributed by atoms with Crippen LogP contribution in [0.15, 0.2) is 11.8 Å². The maximum Gasteiger partial charge on any atom is 0.240 e. The fourth-order valence-corrected chi connectivity index (χ4v) is 3.98. The number of carbonyl (C=O) groups is 1. The summed E-state index contributed by atoms with van der Waals surface area (Å²) >= 11 is 0. The monoisotopic (exact) mass is 277 g/mol. The van der Waals surface area contributed by atoms with Crippen molar-refractivity contribution >= 4 is 5.91 Å². The molecule has 3 rings (SSSR count). The molecule has 1 N–H and O–H groups in total. The van der Waals surface area contributed by atoms with Crippen LogP contribution in [0.5, 0.6) is 0 Å². The van der Waals surface area contributed by atoms with Gasteiger partial charge in [-0.05, 0) is 51.5 Å². The summed E-state index contributed by atoms with van der Waals surface area (Å²) < 4.78 is 0. The smallest absolute Gasteiger partial charge is 0.240 e.